The van der Waals surface area contributed by atoms with Crippen molar-refractivity contribution in [3.05, 3.63) is 52.3 Å². The molecule has 4 nitrogen and oxygen atoms in total. The van der Waals surface area contributed by atoms with E-state index in [4.69, 9.17) is 9.47 Å². The number of ether oxygens (including phenoxy) is 2. The SMILES string of the molecule is CCCOc1ccc(CO)c(OCc2cncc(Br)c2)c1. The maximum Gasteiger partial charge on any atom is 0.129 e. The Hall–Kier alpha value is -1.59. The van der Waals surface area contributed by atoms with Crippen molar-refractivity contribution in [1.29, 1.82) is 0 Å². The molecule has 112 valence electrons. The lowest BCUT2D eigenvalue weighted by molar-refractivity contribution is 0.256. The highest BCUT2D eigenvalue weighted by molar-refractivity contribution is 9.10. The average Bonchev–Trinajstić information content (AvgIpc) is 2.51. The van der Waals surface area contributed by atoms with E-state index in [0.29, 0.717) is 19.0 Å². The van der Waals surface area contributed by atoms with Gasteiger partial charge in [-0.15, -0.1) is 0 Å². The quantitative estimate of drug-likeness (QED) is 0.826. The molecule has 0 unspecified atom stereocenters. The van der Waals surface area contributed by atoms with Gasteiger partial charge < -0.3 is 14.6 Å². The van der Waals surface area contributed by atoms with Gasteiger partial charge in [0.25, 0.3) is 0 Å². The van der Waals surface area contributed by atoms with Gasteiger partial charge in [-0.25, -0.2) is 0 Å². The summed E-state index contributed by atoms with van der Waals surface area (Å²) in [5.74, 6) is 1.38. The number of nitrogens with zero attached hydrogens (tertiary/aromatic N) is 1. The monoisotopic (exact) mass is 351 g/mol. The molecule has 0 fully saturated rings. The van der Waals surface area contributed by atoms with Crippen molar-refractivity contribution in [2.45, 2.75) is 26.6 Å². The number of rotatable bonds is 7. The summed E-state index contributed by atoms with van der Waals surface area (Å²) in [6, 6.07) is 7.42. The zero-order chi connectivity index (χ0) is 15.1. The molecule has 1 N–H and O–H groups in total. The third-order valence-electron chi connectivity index (χ3n) is 2.84. The van der Waals surface area contributed by atoms with Crippen LogP contribution in [0, 0.1) is 0 Å². The molecule has 0 atom stereocenters. The van der Waals surface area contributed by atoms with Crippen LogP contribution in [0.2, 0.25) is 0 Å². The van der Waals surface area contributed by atoms with Gasteiger partial charge in [-0.2, -0.15) is 0 Å². The van der Waals surface area contributed by atoms with Crippen LogP contribution >= 0.6 is 15.9 Å². The van der Waals surface area contributed by atoms with E-state index in [1.54, 1.807) is 12.4 Å². The Morgan fingerprint density at radius 2 is 2.05 bits per heavy atom. The van der Waals surface area contributed by atoms with Gasteiger partial charge in [0.15, 0.2) is 0 Å². The highest BCUT2D eigenvalue weighted by Crippen LogP contribution is 2.26. The topological polar surface area (TPSA) is 51.6 Å². The van der Waals surface area contributed by atoms with E-state index in [1.165, 1.54) is 0 Å². The van der Waals surface area contributed by atoms with Crippen LogP contribution in [0.4, 0.5) is 0 Å². The van der Waals surface area contributed by atoms with Crippen LogP contribution in [0.15, 0.2) is 41.1 Å². The Morgan fingerprint density at radius 1 is 1.19 bits per heavy atom. The fourth-order valence-electron chi connectivity index (χ4n) is 1.81. The molecule has 0 saturated heterocycles. The van der Waals surface area contributed by atoms with Gasteiger partial charge in [0, 0.05) is 34.1 Å². The Kier molecular flexibility index (Phi) is 6.02. The minimum atomic E-state index is -0.0693. The van der Waals surface area contributed by atoms with Gasteiger partial charge in [0.2, 0.25) is 0 Å². The second kappa shape index (κ2) is 8.00. The standard InChI is InChI=1S/C16H18BrNO3/c1-2-5-20-15-4-3-13(10-19)16(7-15)21-11-12-6-14(17)9-18-8-12/h3-4,6-9,19H,2,5,10-11H2,1H3. The predicted molar refractivity (Wildman–Crippen MR) is 84.4 cm³/mol. The lowest BCUT2D eigenvalue weighted by atomic mass is 10.2. The first-order valence-electron chi connectivity index (χ1n) is 6.81. The molecule has 2 aromatic rings. The van der Waals surface area contributed by atoms with Crippen molar-refractivity contribution in [3.63, 3.8) is 0 Å². The molecule has 0 aliphatic heterocycles. The summed E-state index contributed by atoms with van der Waals surface area (Å²) in [7, 11) is 0. The molecule has 0 aliphatic rings. The lowest BCUT2D eigenvalue weighted by Gasteiger charge is -2.12. The van der Waals surface area contributed by atoms with Crippen LogP contribution in [0.1, 0.15) is 24.5 Å². The van der Waals surface area contributed by atoms with Gasteiger partial charge in [0.1, 0.15) is 18.1 Å². The van der Waals surface area contributed by atoms with Gasteiger partial charge in [-0.1, -0.05) is 6.92 Å². The summed E-state index contributed by atoms with van der Waals surface area (Å²) in [6.07, 6.45) is 4.42. The Morgan fingerprint density at radius 3 is 2.76 bits per heavy atom. The van der Waals surface area contributed by atoms with Crippen molar-refractivity contribution < 1.29 is 14.6 Å². The van der Waals surface area contributed by atoms with E-state index in [0.717, 1.165) is 27.8 Å². The Balaban J connectivity index is 2.09. The largest absolute Gasteiger partial charge is 0.493 e. The van der Waals surface area contributed by atoms with E-state index in [1.807, 2.05) is 24.3 Å². The minimum Gasteiger partial charge on any atom is -0.493 e. The van der Waals surface area contributed by atoms with E-state index >= 15 is 0 Å². The summed E-state index contributed by atoms with van der Waals surface area (Å²) in [5.41, 5.74) is 1.69. The fourth-order valence-corrected chi connectivity index (χ4v) is 2.22. The zero-order valence-corrected chi connectivity index (χ0v) is 13.5. The minimum absolute atomic E-state index is 0.0693. The first kappa shape index (κ1) is 15.8. The average molecular weight is 352 g/mol. The summed E-state index contributed by atoms with van der Waals surface area (Å²) in [5, 5.41) is 9.39. The summed E-state index contributed by atoms with van der Waals surface area (Å²) in [4.78, 5) is 4.10. The molecular weight excluding hydrogens is 334 g/mol. The lowest BCUT2D eigenvalue weighted by Crippen LogP contribution is -2.01. The number of aromatic nitrogens is 1. The van der Waals surface area contributed by atoms with Gasteiger partial charge in [-0.3, -0.25) is 4.98 Å². The molecule has 0 radical (unpaired) electrons. The second-order valence-corrected chi connectivity index (χ2v) is 5.49. The van der Waals surface area contributed by atoms with Crippen molar-refractivity contribution in [3.8, 4) is 11.5 Å². The van der Waals surface area contributed by atoms with Crippen molar-refractivity contribution in [2.75, 3.05) is 6.61 Å². The maximum atomic E-state index is 9.39. The smallest absolute Gasteiger partial charge is 0.129 e. The number of aliphatic hydroxyl groups excluding tert-OH is 1. The van der Waals surface area contributed by atoms with Crippen LogP contribution in [-0.2, 0) is 13.2 Å². The van der Waals surface area contributed by atoms with Crippen LogP contribution in [0.5, 0.6) is 11.5 Å². The van der Waals surface area contributed by atoms with Gasteiger partial charge in [-0.05, 0) is 40.5 Å². The first-order valence-corrected chi connectivity index (χ1v) is 7.61. The van der Waals surface area contributed by atoms with Crippen LogP contribution in [0.3, 0.4) is 0 Å². The summed E-state index contributed by atoms with van der Waals surface area (Å²) in [6.45, 7) is 3.03. The van der Waals surface area contributed by atoms with Crippen molar-refractivity contribution >= 4 is 15.9 Å². The highest BCUT2D eigenvalue weighted by Gasteiger charge is 2.06. The molecule has 21 heavy (non-hydrogen) atoms. The summed E-state index contributed by atoms with van der Waals surface area (Å²) >= 11 is 3.38. The third kappa shape index (κ3) is 4.72. The van der Waals surface area contributed by atoms with Crippen LogP contribution in [-0.4, -0.2) is 16.7 Å². The van der Waals surface area contributed by atoms with Crippen molar-refractivity contribution in [2.24, 2.45) is 0 Å². The predicted octanol–water partition coefficient (Wildman–Crippen LogP) is 3.70. The zero-order valence-electron chi connectivity index (χ0n) is 11.9. The van der Waals surface area contributed by atoms with Gasteiger partial charge >= 0.3 is 0 Å². The number of pyridine rings is 1. The van der Waals surface area contributed by atoms with E-state index in [2.05, 4.69) is 27.8 Å². The number of aliphatic hydroxyl groups is 1. The van der Waals surface area contributed by atoms with E-state index in [-0.39, 0.29) is 6.61 Å². The van der Waals surface area contributed by atoms with E-state index in [9.17, 15) is 5.11 Å². The highest BCUT2D eigenvalue weighted by atomic mass is 79.9. The molecule has 0 spiro atoms. The molecular formula is C16H18BrNO3. The molecule has 5 heteroatoms. The molecule has 1 aromatic heterocycles. The molecule has 1 heterocycles. The van der Waals surface area contributed by atoms with Crippen molar-refractivity contribution in [1.82, 2.24) is 4.98 Å². The Labute approximate surface area is 132 Å². The molecule has 1 aromatic carbocycles. The number of benzene rings is 1. The normalized spacial score (nSPS) is 10.4. The third-order valence-corrected chi connectivity index (χ3v) is 3.27. The number of hydrogen-bond acceptors (Lipinski definition) is 4. The number of halogens is 1. The maximum absolute atomic E-state index is 9.39. The molecule has 2 rings (SSSR count). The van der Waals surface area contributed by atoms with Crippen LogP contribution in [0.25, 0.3) is 0 Å². The number of hydrogen-bond donors (Lipinski definition) is 1. The van der Waals surface area contributed by atoms with E-state index < -0.39 is 0 Å². The molecule has 0 bridgehead atoms. The van der Waals surface area contributed by atoms with Gasteiger partial charge in [0.05, 0.1) is 13.2 Å². The Bertz CT molecular complexity index is 589. The molecule has 0 saturated carbocycles. The fraction of sp³-hybridized carbons (Fsp3) is 0.312. The molecule has 0 aliphatic carbocycles. The summed E-state index contributed by atoms with van der Waals surface area (Å²) < 4.78 is 12.3. The second-order valence-electron chi connectivity index (χ2n) is 4.58. The first-order chi connectivity index (χ1) is 10.2. The van der Waals surface area contributed by atoms with Crippen LogP contribution < -0.4 is 9.47 Å². The molecule has 0 amide bonds.